The Hall–Kier alpha value is -1.64. The van der Waals surface area contributed by atoms with E-state index < -0.39 is 0 Å². The first-order valence-electron chi connectivity index (χ1n) is 4.56. The summed E-state index contributed by atoms with van der Waals surface area (Å²) >= 11 is 0. The lowest BCUT2D eigenvalue weighted by molar-refractivity contribution is 0.640. The minimum Gasteiger partial charge on any atom is -0.339 e. The molecule has 6 heteroatoms. The van der Waals surface area contributed by atoms with Gasteiger partial charge in [-0.15, -0.1) is 0 Å². The highest BCUT2D eigenvalue weighted by Gasteiger charge is 2.13. The minimum atomic E-state index is -0.0216. The number of aryl methyl sites for hydroxylation is 1. The van der Waals surface area contributed by atoms with Crippen LogP contribution in [0.15, 0.2) is 0 Å². The molecule has 1 heterocycles. The number of tetrazole rings is 1. The van der Waals surface area contributed by atoms with E-state index in [1.807, 2.05) is 18.7 Å². The Bertz CT molecular complexity index is 325. The van der Waals surface area contributed by atoms with Crippen molar-refractivity contribution in [3.63, 3.8) is 0 Å². The summed E-state index contributed by atoms with van der Waals surface area (Å²) in [6.45, 7) is 5.34. The molecule has 0 aliphatic rings. The number of nitrogens with zero attached hydrogens (tertiary/aromatic N) is 6. The summed E-state index contributed by atoms with van der Waals surface area (Å²) in [7, 11) is 1.79. The van der Waals surface area contributed by atoms with E-state index in [1.54, 1.807) is 11.7 Å². The van der Waals surface area contributed by atoms with Gasteiger partial charge in [0.05, 0.1) is 12.0 Å². The van der Waals surface area contributed by atoms with Crippen molar-refractivity contribution in [2.24, 2.45) is 13.0 Å². The lowest BCUT2D eigenvalue weighted by Crippen LogP contribution is -2.30. The van der Waals surface area contributed by atoms with Crippen LogP contribution in [0.2, 0.25) is 0 Å². The Morgan fingerprint density at radius 2 is 2.36 bits per heavy atom. The first-order valence-corrected chi connectivity index (χ1v) is 4.56. The molecule has 0 bridgehead atoms. The molecule has 1 aromatic rings. The molecule has 1 atom stereocenters. The molecule has 6 nitrogen and oxygen atoms in total. The molecule has 0 N–H and O–H groups in total. The summed E-state index contributed by atoms with van der Waals surface area (Å²) in [5, 5.41) is 19.9. The Kier molecular flexibility index (Phi) is 3.40. The van der Waals surface area contributed by atoms with E-state index in [-0.39, 0.29) is 5.92 Å². The molecule has 0 fully saturated rings. The Morgan fingerprint density at radius 1 is 1.64 bits per heavy atom. The molecule has 0 saturated carbocycles. The largest absolute Gasteiger partial charge is 0.339 e. The zero-order valence-corrected chi connectivity index (χ0v) is 8.67. The SMILES string of the molecule is CCN(CC(C)C#N)c1nnnn1C. The van der Waals surface area contributed by atoms with Gasteiger partial charge >= 0.3 is 0 Å². The number of anilines is 1. The van der Waals surface area contributed by atoms with Crippen LogP contribution in [0.5, 0.6) is 0 Å². The first-order chi connectivity index (χ1) is 6.69. The number of aromatic nitrogens is 4. The molecule has 76 valence electrons. The Morgan fingerprint density at radius 3 is 2.79 bits per heavy atom. The van der Waals surface area contributed by atoms with Crippen molar-refractivity contribution in [2.75, 3.05) is 18.0 Å². The van der Waals surface area contributed by atoms with Crippen molar-refractivity contribution >= 4 is 5.95 Å². The molecule has 14 heavy (non-hydrogen) atoms. The lowest BCUT2D eigenvalue weighted by Gasteiger charge is -2.21. The van der Waals surface area contributed by atoms with Gasteiger partial charge in [-0.1, -0.05) is 5.10 Å². The zero-order chi connectivity index (χ0) is 10.6. The molecular formula is C8H14N6. The van der Waals surface area contributed by atoms with E-state index in [0.29, 0.717) is 12.5 Å². The minimum absolute atomic E-state index is 0.0216. The molecule has 0 spiro atoms. The number of hydrogen-bond donors (Lipinski definition) is 0. The van der Waals surface area contributed by atoms with E-state index in [9.17, 15) is 0 Å². The fourth-order valence-corrected chi connectivity index (χ4v) is 1.22. The third-order valence-corrected chi connectivity index (χ3v) is 1.98. The van der Waals surface area contributed by atoms with Gasteiger partial charge in [0.15, 0.2) is 0 Å². The van der Waals surface area contributed by atoms with Crippen molar-refractivity contribution in [1.82, 2.24) is 20.2 Å². The summed E-state index contributed by atoms with van der Waals surface area (Å²) < 4.78 is 1.60. The summed E-state index contributed by atoms with van der Waals surface area (Å²) in [5.74, 6) is 0.682. The first kappa shape index (κ1) is 10.4. The van der Waals surface area contributed by atoms with Crippen molar-refractivity contribution in [3.8, 4) is 6.07 Å². The van der Waals surface area contributed by atoms with Crippen LogP contribution in [0, 0.1) is 17.2 Å². The standard InChI is InChI=1S/C8H14N6/c1-4-14(6-7(2)5-9)8-10-11-12-13(8)3/h7H,4,6H2,1-3H3. The average Bonchev–Trinajstić information content (AvgIpc) is 2.60. The van der Waals surface area contributed by atoms with E-state index in [4.69, 9.17) is 5.26 Å². The Labute approximate surface area is 83.1 Å². The van der Waals surface area contributed by atoms with Gasteiger partial charge in [0.1, 0.15) is 0 Å². The summed E-state index contributed by atoms with van der Waals surface area (Å²) in [6.07, 6.45) is 0. The third-order valence-electron chi connectivity index (χ3n) is 1.98. The number of nitriles is 1. The van der Waals surface area contributed by atoms with Gasteiger partial charge in [-0.2, -0.15) is 5.26 Å². The molecule has 0 aliphatic heterocycles. The predicted molar refractivity (Wildman–Crippen MR) is 51.5 cm³/mol. The molecule has 0 saturated heterocycles. The van der Waals surface area contributed by atoms with Crippen molar-refractivity contribution < 1.29 is 0 Å². The second kappa shape index (κ2) is 4.56. The van der Waals surface area contributed by atoms with Gasteiger partial charge < -0.3 is 4.90 Å². The van der Waals surface area contributed by atoms with Gasteiger partial charge in [0, 0.05) is 20.1 Å². The van der Waals surface area contributed by atoms with Crippen LogP contribution in [0.4, 0.5) is 5.95 Å². The van der Waals surface area contributed by atoms with Crippen molar-refractivity contribution in [1.29, 1.82) is 5.26 Å². The van der Waals surface area contributed by atoms with Crippen LogP contribution in [0.25, 0.3) is 0 Å². The highest BCUT2D eigenvalue weighted by molar-refractivity contribution is 5.27. The second-order valence-corrected chi connectivity index (χ2v) is 3.17. The molecule has 1 unspecified atom stereocenters. The van der Waals surface area contributed by atoms with Crippen LogP contribution in [0.1, 0.15) is 13.8 Å². The molecule has 0 amide bonds. The maximum atomic E-state index is 8.71. The van der Waals surface area contributed by atoms with Gasteiger partial charge in [-0.25, -0.2) is 4.68 Å². The molecular weight excluding hydrogens is 180 g/mol. The van der Waals surface area contributed by atoms with E-state index in [2.05, 4.69) is 21.6 Å². The summed E-state index contributed by atoms with van der Waals surface area (Å²) in [6, 6.07) is 2.19. The van der Waals surface area contributed by atoms with Crippen LogP contribution in [-0.4, -0.2) is 33.3 Å². The lowest BCUT2D eigenvalue weighted by atomic mass is 10.2. The van der Waals surface area contributed by atoms with Gasteiger partial charge in [0.25, 0.3) is 0 Å². The van der Waals surface area contributed by atoms with Crippen LogP contribution >= 0.6 is 0 Å². The highest BCUT2D eigenvalue weighted by Crippen LogP contribution is 2.08. The average molecular weight is 194 g/mol. The van der Waals surface area contributed by atoms with Crippen LogP contribution < -0.4 is 4.90 Å². The van der Waals surface area contributed by atoms with Crippen LogP contribution in [0.3, 0.4) is 0 Å². The zero-order valence-electron chi connectivity index (χ0n) is 8.67. The highest BCUT2D eigenvalue weighted by atomic mass is 15.6. The quantitative estimate of drug-likeness (QED) is 0.684. The molecule has 0 aromatic carbocycles. The van der Waals surface area contributed by atoms with Gasteiger partial charge in [0.2, 0.25) is 5.95 Å². The van der Waals surface area contributed by atoms with E-state index in [1.165, 1.54) is 0 Å². The summed E-state index contributed by atoms with van der Waals surface area (Å²) in [5.41, 5.74) is 0. The van der Waals surface area contributed by atoms with Crippen molar-refractivity contribution in [2.45, 2.75) is 13.8 Å². The fourth-order valence-electron chi connectivity index (χ4n) is 1.22. The number of rotatable bonds is 4. The van der Waals surface area contributed by atoms with Crippen molar-refractivity contribution in [3.05, 3.63) is 0 Å². The number of hydrogen-bond acceptors (Lipinski definition) is 5. The Balaban J connectivity index is 2.74. The molecule has 0 aliphatic carbocycles. The third kappa shape index (κ3) is 2.19. The van der Waals surface area contributed by atoms with E-state index >= 15 is 0 Å². The maximum Gasteiger partial charge on any atom is 0.245 e. The monoisotopic (exact) mass is 194 g/mol. The topological polar surface area (TPSA) is 70.6 Å². The maximum absolute atomic E-state index is 8.71. The molecule has 0 radical (unpaired) electrons. The smallest absolute Gasteiger partial charge is 0.245 e. The predicted octanol–water partition coefficient (Wildman–Crippen LogP) is 0.196. The van der Waals surface area contributed by atoms with Crippen LogP contribution in [-0.2, 0) is 7.05 Å². The summed E-state index contributed by atoms with van der Waals surface area (Å²) in [4.78, 5) is 1.98. The normalized spacial score (nSPS) is 12.1. The second-order valence-electron chi connectivity index (χ2n) is 3.17. The van der Waals surface area contributed by atoms with E-state index in [0.717, 1.165) is 6.54 Å². The van der Waals surface area contributed by atoms with Gasteiger partial charge in [-0.3, -0.25) is 0 Å². The molecule has 1 aromatic heterocycles. The van der Waals surface area contributed by atoms with Gasteiger partial charge in [-0.05, 0) is 24.3 Å². The fraction of sp³-hybridized carbons (Fsp3) is 0.750. The molecule has 1 rings (SSSR count).